The maximum atomic E-state index is 6.53. The number of hydrogen-bond acceptors (Lipinski definition) is 10. The number of furan rings is 1. The van der Waals surface area contributed by atoms with Crippen molar-refractivity contribution in [2.45, 2.75) is 0 Å². The monoisotopic (exact) mass is 1480 g/mol. The van der Waals surface area contributed by atoms with Crippen molar-refractivity contribution in [2.75, 3.05) is 0 Å². The largest absolute Gasteiger partial charge is 0.454 e. The number of thiophene rings is 1. The molecule has 12 heterocycles. The molecule has 12 aromatic heterocycles. The van der Waals surface area contributed by atoms with Gasteiger partial charge in [0, 0.05) is 94.1 Å². The number of nitrogens with zero attached hydrogens (tertiary/aromatic N) is 12. The van der Waals surface area contributed by atoms with E-state index in [1.165, 1.54) is 58.4 Å². The van der Waals surface area contributed by atoms with Crippen LogP contribution in [0, 0.1) is 0 Å². The molecule has 24 aromatic rings. The average Bonchev–Trinajstić information content (AvgIpc) is 1.60. The summed E-state index contributed by atoms with van der Waals surface area (Å²) >= 11 is 1.87. The predicted molar refractivity (Wildman–Crippen MR) is 465 cm³/mol. The molecule has 0 atom stereocenters. The third-order valence-corrected chi connectivity index (χ3v) is 23.4. The number of hydrogen-bond donors (Lipinski definition) is 0. The highest BCUT2D eigenvalue weighted by molar-refractivity contribution is 7.26. The van der Waals surface area contributed by atoms with Crippen molar-refractivity contribution in [1.29, 1.82) is 0 Å². The van der Waals surface area contributed by atoms with Crippen molar-refractivity contribution in [3.8, 4) is 91.1 Å². The SMILES string of the molecule is c1ccc(-c2cc(-c3ccccn3)nc(-n3c4ccccc4c4cc(-c5ccc6c(c5)c5ccccc5n6-c5cccc6c5oc5ccccc56)ccc43)n2)nc1.c1ccc(-c2cc(-c3ccccn3)nc(-n3c4ccccc4c4cc(-c5ccc6c(c5)c5ccccc5n6-c5cccc6c5sc5ccccc56)ccc43)n2)nc1. The first-order chi connectivity index (χ1) is 56.5. The molecule has 0 aliphatic carbocycles. The summed E-state index contributed by atoms with van der Waals surface area (Å²) in [6, 6.07) is 119. The summed E-state index contributed by atoms with van der Waals surface area (Å²) in [5.74, 6) is 1.13. The van der Waals surface area contributed by atoms with Gasteiger partial charge in [0.05, 0.1) is 106 Å². The smallest absolute Gasteiger partial charge is 0.235 e. The van der Waals surface area contributed by atoms with Gasteiger partial charge in [-0.1, -0.05) is 182 Å². The fourth-order valence-electron chi connectivity index (χ4n) is 17.0. The maximum absolute atomic E-state index is 6.53. The van der Waals surface area contributed by atoms with Crippen LogP contribution in [0.2, 0.25) is 0 Å². The zero-order valence-electron chi connectivity index (χ0n) is 60.8. The topological polar surface area (TPSA) is 136 Å². The van der Waals surface area contributed by atoms with Gasteiger partial charge >= 0.3 is 0 Å². The van der Waals surface area contributed by atoms with Crippen LogP contribution in [0.4, 0.5) is 0 Å². The molecule has 24 rings (SSSR count). The first-order valence-electron chi connectivity index (χ1n) is 37.9. The van der Waals surface area contributed by atoms with Crippen molar-refractivity contribution in [3.63, 3.8) is 0 Å². The Morgan fingerprint density at radius 2 is 0.544 bits per heavy atom. The molecule has 0 aliphatic heterocycles. The number of aromatic nitrogens is 12. The Balaban J connectivity index is 0.000000135. The molecule has 532 valence electrons. The predicted octanol–water partition coefficient (Wildman–Crippen LogP) is 25.2. The first-order valence-corrected chi connectivity index (χ1v) is 38.7. The molecule has 0 radical (unpaired) electrons. The summed E-state index contributed by atoms with van der Waals surface area (Å²) in [6.07, 6.45) is 7.16. The fraction of sp³-hybridized carbons (Fsp3) is 0. The molecule has 0 unspecified atom stereocenters. The third kappa shape index (κ3) is 10.5. The average molecular weight is 1480 g/mol. The summed E-state index contributed by atoms with van der Waals surface area (Å²) in [7, 11) is 0. The van der Waals surface area contributed by atoms with Crippen molar-refractivity contribution >= 4 is 141 Å². The van der Waals surface area contributed by atoms with E-state index in [1.807, 2.05) is 108 Å². The van der Waals surface area contributed by atoms with E-state index >= 15 is 0 Å². The van der Waals surface area contributed by atoms with Gasteiger partial charge < -0.3 is 13.6 Å². The van der Waals surface area contributed by atoms with E-state index in [9.17, 15) is 0 Å². The van der Waals surface area contributed by atoms with Gasteiger partial charge in [-0.2, -0.15) is 0 Å². The summed E-state index contributed by atoms with van der Waals surface area (Å²) in [5.41, 5.74) is 23.3. The van der Waals surface area contributed by atoms with Crippen LogP contribution in [-0.2, 0) is 0 Å². The molecule has 0 aliphatic rings. The van der Waals surface area contributed by atoms with Gasteiger partial charge in [0.1, 0.15) is 5.58 Å². The molecule has 12 aromatic carbocycles. The lowest BCUT2D eigenvalue weighted by Crippen LogP contribution is -2.04. The minimum Gasteiger partial charge on any atom is -0.454 e. The lowest BCUT2D eigenvalue weighted by atomic mass is 10.0. The highest BCUT2D eigenvalue weighted by Gasteiger charge is 2.25. The van der Waals surface area contributed by atoms with Gasteiger partial charge in [0.15, 0.2) is 5.58 Å². The van der Waals surface area contributed by atoms with Gasteiger partial charge in [-0.15, -0.1) is 11.3 Å². The van der Waals surface area contributed by atoms with Crippen LogP contribution in [0.15, 0.2) is 369 Å². The number of pyridine rings is 4. The summed E-state index contributed by atoms with van der Waals surface area (Å²) in [4.78, 5) is 39.1. The van der Waals surface area contributed by atoms with Crippen molar-refractivity contribution in [3.05, 3.63) is 365 Å². The molecule has 0 fully saturated rings. The highest BCUT2D eigenvalue weighted by atomic mass is 32.1. The van der Waals surface area contributed by atoms with E-state index in [-0.39, 0.29) is 0 Å². The Morgan fingerprint density at radius 1 is 0.219 bits per heavy atom. The van der Waals surface area contributed by atoms with E-state index < -0.39 is 0 Å². The van der Waals surface area contributed by atoms with E-state index in [2.05, 4.69) is 281 Å². The minimum atomic E-state index is 0.562. The van der Waals surface area contributed by atoms with Crippen LogP contribution in [0.25, 0.3) is 220 Å². The number of rotatable bonds is 10. The van der Waals surface area contributed by atoms with Crippen LogP contribution in [0.1, 0.15) is 0 Å². The molecular weight excluding hydrogens is 1420 g/mol. The molecule has 114 heavy (non-hydrogen) atoms. The second-order valence-corrected chi connectivity index (χ2v) is 29.6. The molecule has 0 bridgehead atoms. The number of fused-ring (bicyclic) bond motifs is 18. The molecular formula is C100H60N12OS. The molecule has 14 heteroatoms. The van der Waals surface area contributed by atoms with Crippen LogP contribution in [-0.4, -0.2) is 58.1 Å². The second-order valence-electron chi connectivity index (χ2n) is 28.6. The molecule has 0 saturated heterocycles. The quantitative estimate of drug-likeness (QED) is 0.131. The van der Waals surface area contributed by atoms with E-state index in [0.717, 1.165) is 150 Å². The van der Waals surface area contributed by atoms with E-state index in [0.29, 0.717) is 11.9 Å². The van der Waals surface area contributed by atoms with Gasteiger partial charge in [0.2, 0.25) is 11.9 Å². The van der Waals surface area contributed by atoms with Gasteiger partial charge in [0.25, 0.3) is 0 Å². The maximum Gasteiger partial charge on any atom is 0.235 e. The second kappa shape index (κ2) is 26.2. The molecule has 0 spiro atoms. The zero-order chi connectivity index (χ0) is 74.9. The molecule has 0 N–H and O–H groups in total. The van der Waals surface area contributed by atoms with Crippen LogP contribution in [0.5, 0.6) is 0 Å². The lowest BCUT2D eigenvalue weighted by Gasteiger charge is -2.11. The van der Waals surface area contributed by atoms with Crippen LogP contribution < -0.4 is 0 Å². The first kappa shape index (κ1) is 64.6. The Labute approximate surface area is 654 Å². The van der Waals surface area contributed by atoms with E-state index in [4.69, 9.17) is 24.4 Å². The van der Waals surface area contributed by atoms with Crippen molar-refractivity contribution in [2.24, 2.45) is 0 Å². The lowest BCUT2D eigenvalue weighted by molar-refractivity contribution is 0.666. The Bertz CT molecular complexity index is 7410. The number of benzene rings is 12. The normalized spacial score (nSPS) is 11.9. The van der Waals surface area contributed by atoms with Gasteiger partial charge in [-0.05, 0) is 180 Å². The van der Waals surface area contributed by atoms with E-state index in [1.54, 1.807) is 24.8 Å². The van der Waals surface area contributed by atoms with Crippen molar-refractivity contribution in [1.82, 2.24) is 58.1 Å². The van der Waals surface area contributed by atoms with Gasteiger partial charge in [-0.3, -0.25) is 29.1 Å². The highest BCUT2D eigenvalue weighted by Crippen LogP contribution is 2.45. The Hall–Kier alpha value is -15.4. The molecule has 0 saturated carbocycles. The van der Waals surface area contributed by atoms with Crippen LogP contribution >= 0.6 is 11.3 Å². The Morgan fingerprint density at radius 3 is 0.965 bits per heavy atom. The zero-order valence-corrected chi connectivity index (χ0v) is 61.6. The van der Waals surface area contributed by atoms with Crippen molar-refractivity contribution < 1.29 is 4.42 Å². The third-order valence-electron chi connectivity index (χ3n) is 22.1. The minimum absolute atomic E-state index is 0.562. The Kier molecular flexibility index (Phi) is 14.8. The summed E-state index contributed by atoms with van der Waals surface area (Å²) in [6.45, 7) is 0. The molecule has 0 amide bonds. The van der Waals surface area contributed by atoms with Gasteiger partial charge in [-0.25, -0.2) is 19.9 Å². The van der Waals surface area contributed by atoms with Crippen LogP contribution in [0.3, 0.4) is 0 Å². The summed E-state index contributed by atoms with van der Waals surface area (Å²) in [5, 5.41) is 14.2. The summed E-state index contributed by atoms with van der Waals surface area (Å²) < 4.78 is 18.2. The standard InChI is InChI=1S/C50H30N6O.C50H30N6S/c2*1-4-18-43-33(12-1)37-28-31(22-24-45(37)55(43)47-20-11-15-36-35-14-3-6-21-48(35)57-49(36)47)32-23-25-46-38(29-32)34-13-2-5-19-44(34)56(46)50-53-41(39-16-7-9-26-51-39)30-42(54-50)40-17-8-10-27-52-40/h2*1-30H. The molecule has 13 nitrogen and oxygen atoms in total. The fourth-order valence-corrected chi connectivity index (χ4v) is 18.2. The number of para-hydroxylation sites is 6.